The highest BCUT2D eigenvalue weighted by molar-refractivity contribution is 5.94. The van der Waals surface area contributed by atoms with Gasteiger partial charge in [-0.25, -0.2) is 4.79 Å². The lowest BCUT2D eigenvalue weighted by molar-refractivity contribution is -0.119. The summed E-state index contributed by atoms with van der Waals surface area (Å²) >= 11 is 0. The van der Waals surface area contributed by atoms with E-state index in [9.17, 15) is 14.4 Å². The fraction of sp³-hybridized carbons (Fsp3) is 0.500. The van der Waals surface area contributed by atoms with E-state index in [1.165, 1.54) is 45.6 Å². The zero-order chi connectivity index (χ0) is 24.8. The number of likely N-dealkylation sites (N-methyl/N-ethyl adjacent to an activating group) is 1. The molecule has 0 radical (unpaired) electrons. The summed E-state index contributed by atoms with van der Waals surface area (Å²) < 4.78 is 10.6. The molecule has 1 aliphatic carbocycles. The highest BCUT2D eigenvalue weighted by Gasteiger charge is 2.13. The number of hydrogen-bond donors (Lipinski definition) is 3. The van der Waals surface area contributed by atoms with Crippen molar-refractivity contribution in [3.8, 4) is 11.3 Å². The maximum absolute atomic E-state index is 12.0. The molecule has 3 amide bonds. The Morgan fingerprint density at radius 1 is 0.912 bits per heavy atom. The second kappa shape index (κ2) is 14.8. The van der Waals surface area contributed by atoms with E-state index in [0.29, 0.717) is 18.9 Å². The van der Waals surface area contributed by atoms with Gasteiger partial charge in [-0.15, -0.1) is 0 Å². The van der Waals surface area contributed by atoms with Crippen LogP contribution in [0.5, 0.6) is 0 Å². The minimum Gasteiger partial charge on any atom is -0.451 e. The normalized spacial score (nSPS) is 12.8. The lowest BCUT2D eigenvalue weighted by Crippen LogP contribution is -2.34. The molecule has 1 heterocycles. The van der Waals surface area contributed by atoms with Gasteiger partial charge < -0.3 is 25.1 Å². The summed E-state index contributed by atoms with van der Waals surface area (Å²) in [4.78, 5) is 34.7. The molecule has 2 aromatic rings. The first kappa shape index (κ1) is 27.0. The lowest BCUT2D eigenvalue weighted by Gasteiger charge is -2.09. The molecular formula is C26H37N3O5. The minimum atomic E-state index is -0.462. The average Bonchev–Trinajstić information content (AvgIpc) is 3.37. The molecule has 0 aliphatic heterocycles. The van der Waals surface area contributed by atoms with E-state index in [-0.39, 0.29) is 24.1 Å². The van der Waals surface area contributed by atoms with Gasteiger partial charge >= 0.3 is 6.09 Å². The van der Waals surface area contributed by atoms with Gasteiger partial charge in [-0.2, -0.15) is 0 Å². The zero-order valence-corrected chi connectivity index (χ0v) is 20.4. The Bertz CT molecular complexity index is 890. The highest BCUT2D eigenvalue weighted by atomic mass is 16.5. The number of alkyl carbamates (subject to hydrolysis) is 1. The molecule has 1 aromatic carbocycles. The van der Waals surface area contributed by atoms with Crippen LogP contribution in [0.15, 0.2) is 40.8 Å². The summed E-state index contributed by atoms with van der Waals surface area (Å²) in [6.45, 7) is 4.55. The molecule has 0 saturated heterocycles. The predicted molar refractivity (Wildman–Crippen MR) is 131 cm³/mol. The van der Waals surface area contributed by atoms with Gasteiger partial charge in [-0.1, -0.05) is 76.6 Å². The first-order chi connectivity index (χ1) is 16.4. The van der Waals surface area contributed by atoms with Crippen molar-refractivity contribution in [1.29, 1.82) is 0 Å². The van der Waals surface area contributed by atoms with Crippen LogP contribution in [0.3, 0.4) is 0 Å². The molecule has 3 N–H and O–H groups in total. The van der Waals surface area contributed by atoms with E-state index in [4.69, 9.17) is 9.15 Å². The fourth-order valence-electron chi connectivity index (χ4n) is 3.27. The SMILES string of the molecule is C1CCCCC1.CNC(=O)CNC(=O)c1ccc(-c2ccc(CNC(=O)OCC(C)C)cc2)o1. The second-order valence-corrected chi connectivity index (χ2v) is 8.68. The predicted octanol–water partition coefficient (Wildman–Crippen LogP) is 4.65. The molecule has 0 unspecified atom stereocenters. The molecule has 8 nitrogen and oxygen atoms in total. The summed E-state index contributed by atoms with van der Waals surface area (Å²) in [5.74, 6) is 0.181. The van der Waals surface area contributed by atoms with Gasteiger partial charge in [0.1, 0.15) is 5.76 Å². The van der Waals surface area contributed by atoms with E-state index in [1.54, 1.807) is 12.1 Å². The second-order valence-electron chi connectivity index (χ2n) is 8.68. The number of amides is 3. The van der Waals surface area contributed by atoms with Crippen molar-refractivity contribution in [1.82, 2.24) is 16.0 Å². The van der Waals surface area contributed by atoms with Crippen LogP contribution in [0.2, 0.25) is 0 Å². The van der Waals surface area contributed by atoms with E-state index in [2.05, 4.69) is 16.0 Å². The van der Waals surface area contributed by atoms with Gasteiger partial charge in [0.25, 0.3) is 5.91 Å². The number of furan rings is 1. The van der Waals surface area contributed by atoms with Crippen molar-refractivity contribution in [3.63, 3.8) is 0 Å². The largest absolute Gasteiger partial charge is 0.451 e. The van der Waals surface area contributed by atoms with Crippen LogP contribution in [0.4, 0.5) is 4.79 Å². The standard InChI is InChI=1S/C20H25N3O5.C6H12/c1-13(2)12-27-20(26)23-10-14-4-6-15(7-5-14)16-8-9-17(28-16)19(25)22-11-18(24)21-3;1-2-4-6-5-3-1/h4-9,13H,10-12H2,1-3H3,(H,21,24)(H,22,25)(H,23,26);1-6H2. The highest BCUT2D eigenvalue weighted by Crippen LogP contribution is 2.22. The van der Waals surface area contributed by atoms with Crippen LogP contribution in [-0.4, -0.2) is 38.1 Å². The summed E-state index contributed by atoms with van der Waals surface area (Å²) in [5, 5.41) is 7.58. The molecule has 8 heteroatoms. The minimum absolute atomic E-state index is 0.118. The molecule has 34 heavy (non-hydrogen) atoms. The number of benzene rings is 1. The number of carbonyl (C=O) groups excluding carboxylic acids is 3. The Morgan fingerprint density at radius 2 is 1.53 bits per heavy atom. The Labute approximate surface area is 201 Å². The molecule has 0 spiro atoms. The van der Waals surface area contributed by atoms with Crippen molar-refractivity contribution in [2.75, 3.05) is 20.2 Å². The number of ether oxygens (including phenoxy) is 1. The van der Waals surface area contributed by atoms with Crippen molar-refractivity contribution in [2.24, 2.45) is 5.92 Å². The Balaban J connectivity index is 0.000000589. The van der Waals surface area contributed by atoms with Gasteiger partial charge in [-0.3, -0.25) is 9.59 Å². The summed E-state index contributed by atoms with van der Waals surface area (Å²) in [5.41, 5.74) is 1.69. The molecule has 0 bridgehead atoms. The topological polar surface area (TPSA) is 110 Å². The number of carbonyl (C=O) groups is 3. The zero-order valence-electron chi connectivity index (χ0n) is 20.4. The third kappa shape index (κ3) is 10.1. The van der Waals surface area contributed by atoms with Crippen LogP contribution in [-0.2, 0) is 16.1 Å². The van der Waals surface area contributed by atoms with Gasteiger partial charge in [0, 0.05) is 19.2 Å². The molecule has 3 rings (SSSR count). The monoisotopic (exact) mass is 471 g/mol. The number of nitrogens with one attached hydrogen (secondary N) is 3. The van der Waals surface area contributed by atoms with Crippen LogP contribution in [0, 0.1) is 5.92 Å². The van der Waals surface area contributed by atoms with Crippen molar-refractivity contribution in [3.05, 3.63) is 47.7 Å². The van der Waals surface area contributed by atoms with Crippen LogP contribution < -0.4 is 16.0 Å². The van der Waals surface area contributed by atoms with Gasteiger partial charge in [0.15, 0.2) is 5.76 Å². The molecule has 1 aliphatic rings. The Morgan fingerprint density at radius 3 is 2.09 bits per heavy atom. The van der Waals surface area contributed by atoms with E-state index < -0.39 is 12.0 Å². The maximum atomic E-state index is 12.0. The van der Waals surface area contributed by atoms with Gasteiger partial charge in [-0.05, 0) is 23.6 Å². The third-order valence-corrected chi connectivity index (χ3v) is 5.24. The summed E-state index contributed by atoms with van der Waals surface area (Å²) in [6, 6.07) is 10.6. The smallest absolute Gasteiger partial charge is 0.407 e. The van der Waals surface area contributed by atoms with Crippen LogP contribution in [0.1, 0.15) is 68.5 Å². The molecule has 0 atom stereocenters. The molecular weight excluding hydrogens is 434 g/mol. The fourth-order valence-corrected chi connectivity index (χ4v) is 3.27. The van der Waals surface area contributed by atoms with Crippen LogP contribution >= 0.6 is 0 Å². The first-order valence-electron chi connectivity index (χ1n) is 12.0. The third-order valence-electron chi connectivity index (χ3n) is 5.24. The molecule has 1 fully saturated rings. The van der Waals surface area contributed by atoms with Gasteiger partial charge in [0.05, 0.1) is 13.2 Å². The van der Waals surface area contributed by atoms with E-state index >= 15 is 0 Å². The number of hydrogen-bond acceptors (Lipinski definition) is 5. The summed E-state index contributed by atoms with van der Waals surface area (Å²) in [6.07, 6.45) is 8.55. The van der Waals surface area contributed by atoms with Gasteiger partial charge in [0.2, 0.25) is 5.91 Å². The Kier molecular flexibility index (Phi) is 11.7. The van der Waals surface area contributed by atoms with Crippen molar-refractivity contribution >= 4 is 17.9 Å². The Hall–Kier alpha value is -3.29. The quantitative estimate of drug-likeness (QED) is 0.519. The first-order valence-corrected chi connectivity index (χ1v) is 12.0. The van der Waals surface area contributed by atoms with E-state index in [1.807, 2.05) is 38.1 Å². The average molecular weight is 472 g/mol. The van der Waals surface area contributed by atoms with E-state index in [0.717, 1.165) is 11.1 Å². The lowest BCUT2D eigenvalue weighted by atomic mass is 10.0. The molecule has 186 valence electrons. The van der Waals surface area contributed by atoms with Crippen molar-refractivity contribution < 1.29 is 23.5 Å². The summed E-state index contributed by atoms with van der Waals surface area (Å²) in [7, 11) is 1.49. The molecule has 1 aromatic heterocycles. The number of rotatable bonds is 8. The van der Waals surface area contributed by atoms with Crippen LogP contribution in [0.25, 0.3) is 11.3 Å². The maximum Gasteiger partial charge on any atom is 0.407 e. The molecule has 1 saturated carbocycles. The van der Waals surface area contributed by atoms with Crippen molar-refractivity contribution in [2.45, 2.75) is 58.9 Å².